The first-order chi connectivity index (χ1) is 24.6. The number of nitrogens with one attached hydrogen (secondary N) is 1. The maximum Gasteiger partial charge on any atom is 0.293 e. The van der Waals surface area contributed by atoms with E-state index in [1.165, 1.54) is 29.9 Å². The molecule has 3 aliphatic rings. The van der Waals surface area contributed by atoms with E-state index < -0.39 is 24.1 Å². The summed E-state index contributed by atoms with van der Waals surface area (Å²) in [6, 6.07) is 17.0. The Hall–Kier alpha value is -2.58. The molecule has 53 heavy (non-hydrogen) atoms. The van der Waals surface area contributed by atoms with Gasteiger partial charge in [0.15, 0.2) is 0 Å². The number of nitrogens with zero attached hydrogens (tertiary/aromatic N) is 2. The van der Waals surface area contributed by atoms with Crippen LogP contribution in [0, 0.1) is 0 Å². The second-order valence-electron chi connectivity index (χ2n) is 13.8. The number of rotatable bonds is 8. The maximum atomic E-state index is 13.0. The minimum absolute atomic E-state index is 0. The first-order valence-electron chi connectivity index (χ1n) is 17.4. The van der Waals surface area contributed by atoms with Crippen molar-refractivity contribution in [2.45, 2.75) is 96.1 Å². The van der Waals surface area contributed by atoms with Gasteiger partial charge in [-0.05, 0) is 124 Å². The van der Waals surface area contributed by atoms with Crippen molar-refractivity contribution < 1.29 is 37.4 Å². The Kier molecular flexibility index (Phi) is 16.3. The molecule has 3 N–H and O–H groups in total. The van der Waals surface area contributed by atoms with E-state index in [0.29, 0.717) is 24.9 Å². The smallest absolute Gasteiger partial charge is 0.293 e. The zero-order valence-corrected chi connectivity index (χ0v) is 32.9. The summed E-state index contributed by atoms with van der Waals surface area (Å²) in [4.78, 5) is 25.1. The number of halogens is 6. The molecule has 15 heteroatoms. The molecule has 6 rings (SSSR count). The molecule has 0 amide bonds. The second-order valence-corrected chi connectivity index (χ2v) is 14.6. The molecule has 2 radical (unpaired) electrons. The highest BCUT2D eigenvalue weighted by Gasteiger charge is 2.39. The van der Waals surface area contributed by atoms with Crippen LogP contribution in [0.3, 0.4) is 0 Å². The summed E-state index contributed by atoms with van der Waals surface area (Å²) in [7, 11) is 3.10. The van der Waals surface area contributed by atoms with Gasteiger partial charge in [-0.3, -0.25) is 0 Å². The predicted molar refractivity (Wildman–Crippen MR) is 208 cm³/mol. The highest BCUT2D eigenvalue weighted by atomic mass is 79.9. The molecule has 0 bridgehead atoms. The van der Waals surface area contributed by atoms with E-state index >= 15 is 0 Å². The molecule has 286 valence electrons. The van der Waals surface area contributed by atoms with Gasteiger partial charge in [-0.1, -0.05) is 64.5 Å². The molecule has 3 heterocycles. The number of aliphatic hydroxyl groups is 2. The Morgan fingerprint density at radius 2 is 1.15 bits per heavy atom. The van der Waals surface area contributed by atoms with E-state index in [4.69, 9.17) is 0 Å². The molecule has 7 nitrogen and oxygen atoms in total. The van der Waals surface area contributed by atoms with E-state index in [1.807, 2.05) is 36.9 Å². The van der Waals surface area contributed by atoms with Crippen LogP contribution in [0.15, 0.2) is 59.1 Å². The van der Waals surface area contributed by atoms with Crippen LogP contribution in [0.5, 0.6) is 0 Å². The summed E-state index contributed by atoms with van der Waals surface area (Å²) >= 11 is 3.57. The summed E-state index contributed by atoms with van der Waals surface area (Å²) in [5.74, 6) is 0. The minimum atomic E-state index is -2.84. The standard InChI is InChI=1S/C14H17BF2NO2.C13H17F2NO.C11H12BBrNO.ClH/c1-9-10-4-3-5-12(14(2,20)13(16)17)11(10)6-7-18(9)15-8-19;1-8-9-4-3-5-11(10(9)6-7-16-8)13(2,17)12(14)15;1-8-9-3-2-4-11(13)10(9)5-6-14(8)12-7-15;/h3-5,8-9,13,20H,6-7H2,1-2H3;3-5,8,12,16-17H,6-7H2,1-2H3;2-4,7-8H,5-6H2,1H3;1H/t9-,14?;8-,13?;8-;/m000./s1. The lowest BCUT2D eigenvalue weighted by Gasteiger charge is -2.37. The quantitative estimate of drug-likeness (QED) is 0.130. The SMILES string of the molecule is C[C@@H]1NCCc2c1cccc2C(C)(O)C(F)F.C[C@H]1c2cccc(Br)c2CCN1[B]C=O.C[C@H]1c2cccc(C(C)(O)C(F)F)c2CCN1[B]C=O.Cl. The molecular weight excluding hydrogens is 775 g/mol. The van der Waals surface area contributed by atoms with Crippen molar-refractivity contribution in [1.29, 1.82) is 0 Å². The van der Waals surface area contributed by atoms with Crippen LogP contribution in [0.25, 0.3) is 0 Å². The molecule has 5 atom stereocenters. The Bertz CT molecular complexity index is 1710. The van der Waals surface area contributed by atoms with Gasteiger partial charge in [-0.15, -0.1) is 12.4 Å². The first kappa shape index (κ1) is 44.8. The van der Waals surface area contributed by atoms with Gasteiger partial charge in [0.1, 0.15) is 11.2 Å². The third kappa shape index (κ3) is 10.00. The first-order valence-corrected chi connectivity index (χ1v) is 18.2. The van der Waals surface area contributed by atoms with Gasteiger partial charge in [-0.2, -0.15) is 0 Å². The van der Waals surface area contributed by atoms with Crippen molar-refractivity contribution in [2.75, 3.05) is 19.6 Å². The van der Waals surface area contributed by atoms with Crippen LogP contribution >= 0.6 is 28.3 Å². The van der Waals surface area contributed by atoms with Crippen molar-refractivity contribution in [3.05, 3.63) is 104 Å². The molecule has 0 aliphatic carbocycles. The molecule has 2 unspecified atom stereocenters. The molecule has 0 saturated heterocycles. The van der Waals surface area contributed by atoms with Crippen LogP contribution in [-0.2, 0) is 40.1 Å². The highest BCUT2D eigenvalue weighted by molar-refractivity contribution is 9.10. The third-order valence-electron chi connectivity index (χ3n) is 10.5. The van der Waals surface area contributed by atoms with E-state index in [1.54, 1.807) is 31.7 Å². The Morgan fingerprint density at radius 3 is 1.62 bits per heavy atom. The Labute approximate surface area is 326 Å². The lowest BCUT2D eigenvalue weighted by Crippen LogP contribution is -2.40. The fourth-order valence-electron chi connectivity index (χ4n) is 7.29. The lowest BCUT2D eigenvalue weighted by molar-refractivity contribution is -0.0890. The van der Waals surface area contributed by atoms with Crippen molar-refractivity contribution in [3.8, 4) is 0 Å². The predicted octanol–water partition coefficient (Wildman–Crippen LogP) is 6.85. The van der Waals surface area contributed by atoms with Gasteiger partial charge in [0.05, 0.1) is 12.4 Å². The van der Waals surface area contributed by atoms with Crippen molar-refractivity contribution >= 4 is 55.5 Å². The van der Waals surface area contributed by atoms with E-state index in [0.717, 1.165) is 61.1 Å². The second kappa shape index (κ2) is 19.3. The Balaban J connectivity index is 0.000000214. The maximum absolute atomic E-state index is 13.0. The fraction of sp³-hybridized carbons (Fsp3) is 0.474. The van der Waals surface area contributed by atoms with Crippen LogP contribution in [-0.4, -0.2) is 79.5 Å². The van der Waals surface area contributed by atoms with Gasteiger partial charge in [0.2, 0.25) is 0 Å². The zero-order valence-electron chi connectivity index (χ0n) is 30.5. The molecule has 0 aromatic heterocycles. The van der Waals surface area contributed by atoms with E-state index in [-0.39, 0.29) is 36.1 Å². The van der Waals surface area contributed by atoms with Crippen LogP contribution in [0.1, 0.15) is 97.3 Å². The topological polar surface area (TPSA) is 93.1 Å². The molecule has 3 aromatic rings. The molecular formula is C38H47B2BrClF4N3O4. The van der Waals surface area contributed by atoms with Crippen molar-refractivity contribution in [3.63, 3.8) is 0 Å². The molecule has 0 fully saturated rings. The minimum Gasteiger partial charge on any atom is -0.379 e. The number of alkyl halides is 4. The zero-order chi connectivity index (χ0) is 38.4. The summed E-state index contributed by atoms with van der Waals surface area (Å²) in [5.41, 5.74) is 2.63. The molecule has 0 spiro atoms. The number of carbonyl (C=O) groups excluding carboxylic acids is 2. The largest absolute Gasteiger partial charge is 0.379 e. The summed E-state index contributed by atoms with van der Waals surface area (Å²) in [5, 5.41) is 23.3. The monoisotopic (exact) mass is 821 g/mol. The van der Waals surface area contributed by atoms with Crippen molar-refractivity contribution in [1.82, 2.24) is 14.9 Å². The Morgan fingerprint density at radius 1 is 0.736 bits per heavy atom. The number of hydrogen-bond acceptors (Lipinski definition) is 7. The fourth-order valence-corrected chi connectivity index (χ4v) is 7.87. The number of benzene rings is 3. The summed E-state index contributed by atoms with van der Waals surface area (Å²) in [6.45, 7) is 10.6. The van der Waals surface area contributed by atoms with Crippen LogP contribution < -0.4 is 5.32 Å². The van der Waals surface area contributed by atoms with Gasteiger partial charge in [-0.25, -0.2) is 17.6 Å². The molecule has 3 aliphatic heterocycles. The van der Waals surface area contributed by atoms with Gasteiger partial charge >= 0.3 is 0 Å². The highest BCUT2D eigenvalue weighted by Crippen LogP contribution is 2.38. The molecule has 0 saturated carbocycles. The molecule has 3 aromatic carbocycles. The normalized spacial score (nSPS) is 21.7. The van der Waals surface area contributed by atoms with Gasteiger partial charge in [0, 0.05) is 22.6 Å². The average molecular weight is 823 g/mol. The number of hydrogen-bond donors (Lipinski definition) is 3. The van der Waals surface area contributed by atoms with Crippen LogP contribution in [0.4, 0.5) is 17.6 Å². The van der Waals surface area contributed by atoms with Gasteiger partial charge < -0.3 is 34.7 Å². The lowest BCUT2D eigenvalue weighted by atomic mass is 9.79. The van der Waals surface area contributed by atoms with Crippen molar-refractivity contribution in [2.24, 2.45) is 0 Å². The number of carbonyl (C=O) groups is 2. The van der Waals surface area contributed by atoms with E-state index in [2.05, 4.69) is 45.1 Å². The van der Waals surface area contributed by atoms with E-state index in [9.17, 15) is 37.4 Å². The van der Waals surface area contributed by atoms with Gasteiger partial charge in [0.25, 0.3) is 27.7 Å². The van der Waals surface area contributed by atoms with Crippen LogP contribution in [0.2, 0.25) is 0 Å². The third-order valence-corrected chi connectivity index (χ3v) is 11.2. The summed E-state index contributed by atoms with van der Waals surface area (Å²) < 4.78 is 53.1. The summed E-state index contributed by atoms with van der Waals surface area (Å²) in [6.07, 6.45) is -1.84. The number of fused-ring (bicyclic) bond motifs is 3. The average Bonchev–Trinajstić information content (AvgIpc) is 3.11.